The molecule has 0 spiro atoms. The van der Waals surface area contributed by atoms with Gasteiger partial charge in [-0.1, -0.05) is 69.7 Å². The second kappa shape index (κ2) is 10.2. The first-order chi connectivity index (χ1) is 15.0. The van der Waals surface area contributed by atoms with Crippen molar-refractivity contribution in [2.75, 3.05) is 0 Å². The Kier molecular flexibility index (Phi) is 7.40. The lowest BCUT2D eigenvalue weighted by Gasteiger charge is -2.34. The molecule has 2 aromatic rings. The summed E-state index contributed by atoms with van der Waals surface area (Å²) < 4.78 is 40.3. The van der Waals surface area contributed by atoms with Gasteiger partial charge in [-0.25, -0.2) is 13.2 Å². The quantitative estimate of drug-likeness (QED) is 0.403. The fourth-order valence-corrected chi connectivity index (χ4v) is 6.04. The molecule has 0 nitrogen and oxygen atoms in total. The zero-order chi connectivity index (χ0) is 21.8. The zero-order valence-corrected chi connectivity index (χ0v) is 18.7. The summed E-state index contributed by atoms with van der Waals surface area (Å²) in [7, 11) is 0. The van der Waals surface area contributed by atoms with Crippen molar-refractivity contribution in [2.45, 2.75) is 83.5 Å². The van der Waals surface area contributed by atoms with Crippen molar-refractivity contribution >= 4 is 0 Å². The van der Waals surface area contributed by atoms with Crippen LogP contribution in [0, 0.1) is 35.2 Å². The Hall–Kier alpha value is -1.77. The van der Waals surface area contributed by atoms with E-state index in [9.17, 15) is 13.2 Å². The summed E-state index contributed by atoms with van der Waals surface area (Å²) in [6.07, 6.45) is 15.0. The molecule has 0 atom stereocenters. The van der Waals surface area contributed by atoms with Crippen LogP contribution in [0.5, 0.6) is 0 Å². The minimum atomic E-state index is -1.41. The standard InChI is InChI=1S/C28H35F3/c1-2-3-19-4-6-20(7-5-19)16-21-8-10-22(11-9-21)23-12-14-24(15-13-23)25-17-26(29)28(31)27(30)18-25/h12-15,17-22H,2-11,16H2,1H3. The van der Waals surface area contributed by atoms with Crippen molar-refractivity contribution < 1.29 is 13.2 Å². The van der Waals surface area contributed by atoms with Crippen LogP contribution in [-0.2, 0) is 0 Å². The molecule has 0 aliphatic heterocycles. The maximum atomic E-state index is 13.5. The topological polar surface area (TPSA) is 0 Å². The van der Waals surface area contributed by atoms with Crippen molar-refractivity contribution in [2.24, 2.45) is 17.8 Å². The summed E-state index contributed by atoms with van der Waals surface area (Å²) in [4.78, 5) is 0. The van der Waals surface area contributed by atoms with Crippen LogP contribution in [0.4, 0.5) is 13.2 Å². The Morgan fingerprint density at radius 2 is 1.19 bits per heavy atom. The number of halogens is 3. The second-order valence-electron chi connectivity index (χ2n) is 10.0. The first-order valence-electron chi connectivity index (χ1n) is 12.3. The lowest BCUT2D eigenvalue weighted by molar-refractivity contribution is 0.200. The van der Waals surface area contributed by atoms with Crippen LogP contribution < -0.4 is 0 Å². The van der Waals surface area contributed by atoms with Gasteiger partial charge < -0.3 is 0 Å². The molecule has 0 heterocycles. The summed E-state index contributed by atoms with van der Waals surface area (Å²) in [6.45, 7) is 2.31. The smallest absolute Gasteiger partial charge is 0.194 e. The third-order valence-electron chi connectivity index (χ3n) is 7.88. The van der Waals surface area contributed by atoms with Gasteiger partial charge in [0.1, 0.15) is 0 Å². The molecule has 0 amide bonds. The molecule has 2 aliphatic rings. The van der Waals surface area contributed by atoms with Gasteiger partial charge in [-0.2, -0.15) is 0 Å². The normalized spacial score (nSPS) is 26.7. The Balaban J connectivity index is 1.28. The van der Waals surface area contributed by atoms with Gasteiger partial charge in [-0.05, 0) is 84.6 Å². The van der Waals surface area contributed by atoms with E-state index < -0.39 is 17.5 Å². The van der Waals surface area contributed by atoms with E-state index in [0.717, 1.165) is 29.9 Å². The number of rotatable bonds is 6. The highest BCUT2D eigenvalue weighted by atomic mass is 19.2. The van der Waals surface area contributed by atoms with E-state index in [1.54, 1.807) is 0 Å². The predicted octanol–water partition coefficient (Wildman–Crippen LogP) is 9.04. The average Bonchev–Trinajstić information content (AvgIpc) is 2.79. The largest absolute Gasteiger partial charge is 0.204 e. The molecule has 2 fully saturated rings. The van der Waals surface area contributed by atoms with E-state index >= 15 is 0 Å². The Morgan fingerprint density at radius 1 is 0.677 bits per heavy atom. The molecule has 2 aliphatic carbocycles. The van der Waals surface area contributed by atoms with Crippen LogP contribution in [-0.4, -0.2) is 0 Å². The van der Waals surface area contributed by atoms with Crippen molar-refractivity contribution in [1.29, 1.82) is 0 Å². The Bertz CT molecular complexity index is 818. The van der Waals surface area contributed by atoms with Crippen LogP contribution in [0.1, 0.15) is 89.0 Å². The highest BCUT2D eigenvalue weighted by Gasteiger charge is 2.27. The summed E-state index contributed by atoms with van der Waals surface area (Å²) in [5.41, 5.74) is 2.40. The number of hydrogen-bond donors (Lipinski definition) is 0. The first kappa shape index (κ1) is 22.4. The maximum absolute atomic E-state index is 13.5. The highest BCUT2D eigenvalue weighted by Crippen LogP contribution is 2.42. The molecule has 31 heavy (non-hydrogen) atoms. The van der Waals surface area contributed by atoms with E-state index in [4.69, 9.17) is 0 Å². The van der Waals surface area contributed by atoms with Gasteiger partial charge in [0.2, 0.25) is 0 Å². The molecule has 4 rings (SSSR count). The summed E-state index contributed by atoms with van der Waals surface area (Å²) in [5, 5.41) is 0. The summed E-state index contributed by atoms with van der Waals surface area (Å²) in [5.74, 6) is -0.299. The minimum Gasteiger partial charge on any atom is -0.204 e. The van der Waals surface area contributed by atoms with E-state index in [1.807, 2.05) is 12.1 Å². The molecule has 0 bridgehead atoms. The lowest BCUT2D eigenvalue weighted by Crippen LogP contribution is -2.20. The molecular formula is C28H35F3. The van der Waals surface area contributed by atoms with Crippen LogP contribution in [0.3, 0.4) is 0 Å². The van der Waals surface area contributed by atoms with Gasteiger partial charge in [0, 0.05) is 0 Å². The predicted molar refractivity (Wildman–Crippen MR) is 121 cm³/mol. The van der Waals surface area contributed by atoms with Gasteiger partial charge in [-0.3, -0.25) is 0 Å². The highest BCUT2D eigenvalue weighted by molar-refractivity contribution is 5.64. The van der Waals surface area contributed by atoms with Gasteiger partial charge >= 0.3 is 0 Å². The van der Waals surface area contributed by atoms with Crippen LogP contribution in [0.15, 0.2) is 36.4 Å². The monoisotopic (exact) mass is 428 g/mol. The van der Waals surface area contributed by atoms with E-state index in [1.165, 1.54) is 76.2 Å². The third-order valence-corrected chi connectivity index (χ3v) is 7.88. The third kappa shape index (κ3) is 5.54. The van der Waals surface area contributed by atoms with Crippen molar-refractivity contribution in [3.05, 3.63) is 59.4 Å². The first-order valence-corrected chi connectivity index (χ1v) is 12.3. The fraction of sp³-hybridized carbons (Fsp3) is 0.571. The molecule has 0 saturated heterocycles. The summed E-state index contributed by atoms with van der Waals surface area (Å²) in [6, 6.07) is 10.1. The molecule has 0 N–H and O–H groups in total. The van der Waals surface area contributed by atoms with E-state index in [0.29, 0.717) is 17.0 Å². The van der Waals surface area contributed by atoms with Gasteiger partial charge in [0.25, 0.3) is 0 Å². The molecule has 168 valence electrons. The van der Waals surface area contributed by atoms with Gasteiger partial charge in [0.15, 0.2) is 17.5 Å². The Morgan fingerprint density at radius 3 is 1.74 bits per heavy atom. The Labute approximate surface area is 185 Å². The minimum absolute atomic E-state index is 0.375. The van der Waals surface area contributed by atoms with Crippen molar-refractivity contribution in [3.63, 3.8) is 0 Å². The molecule has 0 radical (unpaired) electrons. The summed E-state index contributed by atoms with van der Waals surface area (Å²) >= 11 is 0. The molecule has 0 aromatic heterocycles. The van der Waals surface area contributed by atoms with Gasteiger partial charge in [-0.15, -0.1) is 0 Å². The second-order valence-corrected chi connectivity index (χ2v) is 10.0. The van der Waals surface area contributed by atoms with Crippen LogP contribution >= 0.6 is 0 Å². The number of benzene rings is 2. The van der Waals surface area contributed by atoms with Crippen LogP contribution in [0.2, 0.25) is 0 Å². The zero-order valence-electron chi connectivity index (χ0n) is 18.7. The van der Waals surface area contributed by atoms with E-state index in [-0.39, 0.29) is 0 Å². The average molecular weight is 429 g/mol. The van der Waals surface area contributed by atoms with Gasteiger partial charge in [0.05, 0.1) is 0 Å². The molecular weight excluding hydrogens is 393 g/mol. The van der Waals surface area contributed by atoms with Crippen molar-refractivity contribution in [3.8, 4) is 11.1 Å². The van der Waals surface area contributed by atoms with Crippen LogP contribution in [0.25, 0.3) is 11.1 Å². The molecule has 2 aromatic carbocycles. The van der Waals surface area contributed by atoms with E-state index in [2.05, 4.69) is 19.1 Å². The SMILES string of the molecule is CCCC1CCC(CC2CCC(c3ccc(-c4cc(F)c(F)c(F)c4)cc3)CC2)CC1. The molecule has 0 unspecified atom stereocenters. The molecule has 3 heteroatoms. The maximum Gasteiger partial charge on any atom is 0.194 e. The fourth-order valence-electron chi connectivity index (χ4n) is 6.04. The lowest BCUT2D eigenvalue weighted by atomic mass is 9.71. The molecule has 2 saturated carbocycles. The number of hydrogen-bond acceptors (Lipinski definition) is 0. The van der Waals surface area contributed by atoms with Crippen molar-refractivity contribution in [1.82, 2.24) is 0 Å².